The Bertz CT molecular complexity index is 359. The second-order valence-corrected chi connectivity index (χ2v) is 5.00. The van der Waals surface area contributed by atoms with Crippen molar-refractivity contribution < 1.29 is 13.2 Å². The van der Waals surface area contributed by atoms with E-state index in [1.54, 1.807) is 0 Å². The fraction of sp³-hybridized carbons (Fsp3) is 0.500. The molecule has 0 saturated carbocycles. The van der Waals surface area contributed by atoms with Crippen molar-refractivity contribution in [3.05, 3.63) is 33.8 Å². The molecule has 0 spiro atoms. The third-order valence-electron chi connectivity index (χ3n) is 2.50. The van der Waals surface area contributed by atoms with Crippen LogP contribution in [-0.4, -0.2) is 11.9 Å². The van der Waals surface area contributed by atoms with E-state index in [9.17, 15) is 13.2 Å². The van der Waals surface area contributed by atoms with Crippen LogP contribution in [0.2, 0.25) is 0 Å². The number of thioether (sulfide) groups is 1. The van der Waals surface area contributed by atoms with Gasteiger partial charge in [0.05, 0.1) is 5.75 Å². The predicted molar refractivity (Wildman–Crippen MR) is 63.3 cm³/mol. The molecule has 0 bridgehead atoms. The number of alkyl halides is 3. The Hall–Kier alpha value is -0.640. The van der Waals surface area contributed by atoms with Crippen LogP contribution in [-0.2, 0) is 0 Å². The minimum atomic E-state index is -4.10. The van der Waals surface area contributed by atoms with E-state index in [1.807, 2.05) is 32.9 Å². The van der Waals surface area contributed by atoms with Crippen LogP contribution in [0.15, 0.2) is 33.8 Å². The molecule has 0 nitrogen and oxygen atoms in total. The first kappa shape index (κ1) is 13.4. The van der Waals surface area contributed by atoms with Crippen molar-refractivity contribution in [1.82, 2.24) is 0 Å². The maximum atomic E-state index is 12.1. The lowest BCUT2D eigenvalue weighted by atomic mass is 10.1. The van der Waals surface area contributed by atoms with E-state index in [4.69, 9.17) is 0 Å². The smallest absolute Gasteiger partial charge is 0.170 e. The van der Waals surface area contributed by atoms with Crippen LogP contribution in [0.3, 0.4) is 0 Å². The van der Waals surface area contributed by atoms with Gasteiger partial charge in [-0.1, -0.05) is 17.7 Å². The van der Waals surface area contributed by atoms with Crippen molar-refractivity contribution in [2.24, 2.45) is 0 Å². The molecule has 0 atom stereocenters. The molecule has 0 aromatic rings. The van der Waals surface area contributed by atoms with Gasteiger partial charge in [-0.25, -0.2) is 0 Å². The van der Waals surface area contributed by atoms with Crippen molar-refractivity contribution in [3.63, 3.8) is 0 Å². The van der Waals surface area contributed by atoms with E-state index < -0.39 is 11.9 Å². The molecule has 0 saturated heterocycles. The van der Waals surface area contributed by atoms with Gasteiger partial charge in [-0.3, -0.25) is 0 Å². The van der Waals surface area contributed by atoms with Gasteiger partial charge in [0, 0.05) is 0 Å². The van der Waals surface area contributed by atoms with E-state index in [-0.39, 0.29) is 0 Å². The molecule has 4 heteroatoms. The summed E-state index contributed by atoms with van der Waals surface area (Å²) in [6.07, 6.45) is 0.451. The number of rotatable bonds is 2. The first-order valence-corrected chi connectivity index (χ1v) is 6.03. The van der Waals surface area contributed by atoms with Gasteiger partial charge in [-0.05, 0) is 43.2 Å². The Morgan fingerprint density at radius 3 is 2.38 bits per heavy atom. The average molecular weight is 248 g/mol. The quantitative estimate of drug-likeness (QED) is 0.673. The van der Waals surface area contributed by atoms with Crippen molar-refractivity contribution in [1.29, 1.82) is 0 Å². The van der Waals surface area contributed by atoms with Crippen LogP contribution in [0.25, 0.3) is 0 Å². The molecule has 0 heterocycles. The van der Waals surface area contributed by atoms with Gasteiger partial charge in [0.1, 0.15) is 0 Å². The number of halogens is 3. The van der Waals surface area contributed by atoms with E-state index in [1.165, 1.54) is 0 Å². The summed E-state index contributed by atoms with van der Waals surface area (Å²) in [4.78, 5) is 0.813. The molecule has 0 radical (unpaired) electrons. The van der Waals surface area contributed by atoms with Crippen molar-refractivity contribution in [3.8, 4) is 0 Å². The lowest BCUT2D eigenvalue weighted by Crippen LogP contribution is -2.10. The van der Waals surface area contributed by atoms with Gasteiger partial charge in [0.15, 0.2) is 0 Å². The average Bonchev–Trinajstić information content (AvgIpc) is 2.25. The highest BCUT2D eigenvalue weighted by atomic mass is 32.2. The molecule has 0 amide bonds. The summed E-state index contributed by atoms with van der Waals surface area (Å²) in [5.41, 5.74) is 3.21. The van der Waals surface area contributed by atoms with Gasteiger partial charge in [0.2, 0.25) is 0 Å². The van der Waals surface area contributed by atoms with Crippen LogP contribution in [0.5, 0.6) is 0 Å². The predicted octanol–water partition coefficient (Wildman–Crippen LogP) is 4.85. The number of hydrogen-bond acceptors (Lipinski definition) is 1. The molecule has 0 aromatic carbocycles. The van der Waals surface area contributed by atoms with Gasteiger partial charge in [-0.2, -0.15) is 13.2 Å². The van der Waals surface area contributed by atoms with E-state index in [0.717, 1.165) is 33.4 Å². The molecular weight excluding hydrogens is 233 g/mol. The zero-order valence-corrected chi connectivity index (χ0v) is 10.4. The monoisotopic (exact) mass is 248 g/mol. The molecule has 0 aliphatic heterocycles. The summed E-state index contributed by atoms with van der Waals surface area (Å²) in [5.74, 6) is -0.806. The topological polar surface area (TPSA) is 0 Å². The first-order chi connectivity index (χ1) is 7.29. The first-order valence-electron chi connectivity index (χ1n) is 5.04. The maximum absolute atomic E-state index is 12.1. The SMILES string of the molecule is CC1=CCC(SCC(F)(F)F)=C(C)C=C1C. The molecule has 16 heavy (non-hydrogen) atoms. The standard InChI is InChI=1S/C12H15F3S/c1-8-4-5-11(10(3)6-9(8)2)16-7-12(13,14)15/h4,6H,5,7H2,1-3H3. The Labute approximate surface area is 98.3 Å². The molecule has 90 valence electrons. The maximum Gasteiger partial charge on any atom is 0.398 e. The fourth-order valence-corrected chi connectivity index (χ4v) is 2.25. The Morgan fingerprint density at radius 1 is 1.19 bits per heavy atom. The second-order valence-electron chi connectivity index (χ2n) is 3.93. The highest BCUT2D eigenvalue weighted by Gasteiger charge is 2.27. The van der Waals surface area contributed by atoms with Crippen molar-refractivity contribution in [2.75, 3.05) is 5.75 Å². The largest absolute Gasteiger partial charge is 0.398 e. The van der Waals surface area contributed by atoms with Gasteiger partial charge < -0.3 is 0 Å². The number of hydrogen-bond donors (Lipinski definition) is 0. The summed E-state index contributed by atoms with van der Waals surface area (Å²) in [7, 11) is 0. The summed E-state index contributed by atoms with van der Waals surface area (Å²) < 4.78 is 36.4. The van der Waals surface area contributed by atoms with Gasteiger partial charge in [-0.15, -0.1) is 11.8 Å². The van der Waals surface area contributed by atoms with Crippen LogP contribution in [0, 0.1) is 0 Å². The molecular formula is C12H15F3S. The second kappa shape index (κ2) is 5.13. The Morgan fingerprint density at radius 2 is 1.81 bits per heavy atom. The summed E-state index contributed by atoms with van der Waals surface area (Å²) in [6, 6.07) is 0. The lowest BCUT2D eigenvalue weighted by molar-refractivity contribution is -0.105. The highest BCUT2D eigenvalue weighted by Crippen LogP contribution is 2.33. The molecule has 0 N–H and O–H groups in total. The zero-order valence-electron chi connectivity index (χ0n) is 9.61. The third-order valence-corrected chi connectivity index (χ3v) is 3.81. The molecule has 0 fully saturated rings. The molecule has 1 rings (SSSR count). The molecule has 0 unspecified atom stereocenters. The van der Waals surface area contributed by atoms with Gasteiger partial charge in [0.25, 0.3) is 0 Å². The van der Waals surface area contributed by atoms with Crippen LogP contribution >= 0.6 is 11.8 Å². The van der Waals surface area contributed by atoms with E-state index in [0.29, 0.717) is 6.42 Å². The molecule has 1 aliphatic carbocycles. The van der Waals surface area contributed by atoms with Crippen LogP contribution in [0.4, 0.5) is 13.2 Å². The summed E-state index contributed by atoms with van der Waals surface area (Å²) in [6.45, 7) is 5.83. The Balaban J connectivity index is 2.78. The number of allylic oxidation sites excluding steroid dienone is 6. The fourth-order valence-electron chi connectivity index (χ4n) is 1.43. The third kappa shape index (κ3) is 4.08. The molecule has 0 aromatic heterocycles. The van der Waals surface area contributed by atoms with Crippen LogP contribution in [0.1, 0.15) is 27.2 Å². The van der Waals surface area contributed by atoms with Crippen molar-refractivity contribution in [2.45, 2.75) is 33.4 Å². The zero-order chi connectivity index (χ0) is 12.3. The minimum absolute atomic E-state index is 0.603. The lowest BCUT2D eigenvalue weighted by Gasteiger charge is -2.09. The van der Waals surface area contributed by atoms with Crippen molar-refractivity contribution >= 4 is 11.8 Å². The highest BCUT2D eigenvalue weighted by molar-refractivity contribution is 8.03. The van der Waals surface area contributed by atoms with E-state index in [2.05, 4.69) is 0 Å². The molecule has 1 aliphatic rings. The Kier molecular flexibility index (Phi) is 4.30. The normalized spacial score (nSPS) is 18.1. The van der Waals surface area contributed by atoms with Gasteiger partial charge >= 0.3 is 6.18 Å². The minimum Gasteiger partial charge on any atom is -0.170 e. The van der Waals surface area contributed by atoms with E-state index >= 15 is 0 Å². The summed E-state index contributed by atoms with van der Waals surface area (Å²) >= 11 is 0.895. The van der Waals surface area contributed by atoms with Crippen LogP contribution < -0.4 is 0 Å². The summed E-state index contributed by atoms with van der Waals surface area (Å²) in [5, 5.41) is 0.